The molecule has 0 aliphatic heterocycles. The van der Waals surface area contributed by atoms with Gasteiger partial charge < -0.3 is 10.6 Å². The predicted molar refractivity (Wildman–Crippen MR) is 82.1 cm³/mol. The Bertz CT molecular complexity index is 606. The van der Waals surface area contributed by atoms with Crippen molar-refractivity contribution < 1.29 is 9.59 Å². The average molecular weight is 306 g/mol. The van der Waals surface area contributed by atoms with Gasteiger partial charge in [0, 0.05) is 23.6 Å². The average Bonchev–Trinajstić information content (AvgIpc) is 3.08. The second kappa shape index (κ2) is 7.03. The van der Waals surface area contributed by atoms with Gasteiger partial charge in [-0.25, -0.2) is 0 Å². The number of anilines is 1. The molecule has 7 heteroatoms. The predicted octanol–water partition coefficient (Wildman–Crippen LogP) is 2.24. The molecule has 2 aromatic heterocycles. The Balaban J connectivity index is 1.99. The van der Waals surface area contributed by atoms with Gasteiger partial charge >= 0.3 is 0 Å². The lowest BCUT2D eigenvalue weighted by Gasteiger charge is -2.15. The van der Waals surface area contributed by atoms with Crippen LogP contribution in [0, 0.1) is 0 Å². The monoisotopic (exact) mass is 306 g/mol. The van der Waals surface area contributed by atoms with Crippen LogP contribution in [-0.4, -0.2) is 22.0 Å². The lowest BCUT2D eigenvalue weighted by Crippen LogP contribution is -2.29. The zero-order valence-electron chi connectivity index (χ0n) is 12.0. The fourth-order valence-electron chi connectivity index (χ4n) is 1.94. The van der Waals surface area contributed by atoms with Gasteiger partial charge in [-0.15, -0.1) is 11.3 Å². The van der Waals surface area contributed by atoms with Crippen molar-refractivity contribution in [1.29, 1.82) is 0 Å². The number of amides is 2. The van der Waals surface area contributed by atoms with Crippen molar-refractivity contribution in [2.45, 2.75) is 32.7 Å². The number of aromatic amines is 1. The van der Waals surface area contributed by atoms with Crippen molar-refractivity contribution >= 4 is 29.0 Å². The zero-order valence-corrected chi connectivity index (χ0v) is 12.8. The van der Waals surface area contributed by atoms with E-state index in [9.17, 15) is 9.59 Å². The molecule has 1 atom stereocenters. The van der Waals surface area contributed by atoms with E-state index in [0.717, 1.165) is 17.0 Å². The molecule has 112 valence electrons. The molecule has 0 radical (unpaired) electrons. The van der Waals surface area contributed by atoms with Gasteiger partial charge in [-0.2, -0.15) is 5.10 Å². The minimum Gasteiger partial charge on any atom is -0.348 e. The topological polar surface area (TPSA) is 86.9 Å². The standard InChI is InChI=1S/C14H18N4O2S/c1-3-10-7-13(18-17-10)16-14(20)8-11(15-9(2)19)12-5-4-6-21-12/h4-7,11H,3,8H2,1-2H3,(H,15,19)(H2,16,17,18,20). The highest BCUT2D eigenvalue weighted by Crippen LogP contribution is 2.22. The SMILES string of the molecule is CCc1cc(NC(=O)CC(NC(C)=O)c2cccs2)n[nH]1. The van der Waals surface area contributed by atoms with Crippen LogP contribution in [0.25, 0.3) is 0 Å². The first-order valence-electron chi connectivity index (χ1n) is 6.73. The molecule has 2 aromatic rings. The van der Waals surface area contributed by atoms with Crippen LogP contribution in [0.15, 0.2) is 23.6 Å². The second-order valence-corrected chi connectivity index (χ2v) is 5.63. The summed E-state index contributed by atoms with van der Waals surface area (Å²) in [7, 11) is 0. The third-order valence-electron chi connectivity index (χ3n) is 2.93. The van der Waals surface area contributed by atoms with Crippen LogP contribution >= 0.6 is 11.3 Å². The van der Waals surface area contributed by atoms with Gasteiger partial charge in [-0.3, -0.25) is 14.7 Å². The van der Waals surface area contributed by atoms with E-state index in [1.165, 1.54) is 18.3 Å². The van der Waals surface area contributed by atoms with Crippen LogP contribution in [0.5, 0.6) is 0 Å². The maximum atomic E-state index is 12.1. The molecule has 0 aromatic carbocycles. The minimum atomic E-state index is -0.313. The molecular weight excluding hydrogens is 288 g/mol. The van der Waals surface area contributed by atoms with E-state index < -0.39 is 0 Å². The molecule has 1 unspecified atom stereocenters. The Morgan fingerprint density at radius 2 is 2.29 bits per heavy atom. The molecule has 0 saturated carbocycles. The molecule has 0 saturated heterocycles. The third-order valence-corrected chi connectivity index (χ3v) is 3.92. The summed E-state index contributed by atoms with van der Waals surface area (Å²) in [6, 6.07) is 5.29. The first kappa shape index (κ1) is 15.2. The number of nitrogens with one attached hydrogen (secondary N) is 3. The molecule has 2 rings (SSSR count). The molecule has 3 N–H and O–H groups in total. The van der Waals surface area contributed by atoms with Gasteiger partial charge in [0.1, 0.15) is 0 Å². The first-order chi connectivity index (χ1) is 10.1. The molecule has 21 heavy (non-hydrogen) atoms. The van der Waals surface area contributed by atoms with E-state index in [2.05, 4.69) is 20.8 Å². The number of thiophene rings is 1. The van der Waals surface area contributed by atoms with Crippen LogP contribution in [-0.2, 0) is 16.0 Å². The number of hydrogen-bond acceptors (Lipinski definition) is 4. The molecule has 0 spiro atoms. The highest BCUT2D eigenvalue weighted by atomic mass is 32.1. The fourth-order valence-corrected chi connectivity index (χ4v) is 2.72. The molecule has 0 aliphatic rings. The Labute approximate surface area is 127 Å². The van der Waals surface area contributed by atoms with Gasteiger partial charge in [0.25, 0.3) is 0 Å². The van der Waals surface area contributed by atoms with Crippen LogP contribution < -0.4 is 10.6 Å². The summed E-state index contributed by atoms with van der Waals surface area (Å²) in [5.41, 5.74) is 0.960. The molecule has 2 heterocycles. The molecular formula is C14H18N4O2S. The van der Waals surface area contributed by atoms with Crippen molar-refractivity contribution in [3.05, 3.63) is 34.2 Å². The number of aromatic nitrogens is 2. The molecule has 6 nitrogen and oxygen atoms in total. The van der Waals surface area contributed by atoms with E-state index in [4.69, 9.17) is 0 Å². The number of nitrogens with zero attached hydrogens (tertiary/aromatic N) is 1. The summed E-state index contributed by atoms with van der Waals surface area (Å²) in [5.74, 6) is 0.162. The van der Waals surface area contributed by atoms with Crippen LogP contribution in [0.4, 0.5) is 5.82 Å². The number of carbonyl (C=O) groups is 2. The Morgan fingerprint density at radius 3 is 2.86 bits per heavy atom. The van der Waals surface area contributed by atoms with Gasteiger partial charge in [0.15, 0.2) is 5.82 Å². The molecule has 0 bridgehead atoms. The largest absolute Gasteiger partial charge is 0.348 e. The maximum absolute atomic E-state index is 12.1. The van der Waals surface area contributed by atoms with Gasteiger partial charge in [-0.1, -0.05) is 13.0 Å². The zero-order chi connectivity index (χ0) is 15.2. The minimum absolute atomic E-state index is 0.158. The number of H-pyrrole nitrogens is 1. The number of rotatable bonds is 6. The maximum Gasteiger partial charge on any atom is 0.228 e. The van der Waals surface area contributed by atoms with Crippen molar-refractivity contribution in [2.24, 2.45) is 0 Å². The van der Waals surface area contributed by atoms with Crippen LogP contribution in [0.3, 0.4) is 0 Å². The molecule has 2 amide bonds. The Hall–Kier alpha value is -2.15. The van der Waals surface area contributed by atoms with Gasteiger partial charge in [0.05, 0.1) is 12.5 Å². The Morgan fingerprint density at radius 1 is 1.48 bits per heavy atom. The first-order valence-corrected chi connectivity index (χ1v) is 7.61. The molecule has 0 aliphatic carbocycles. The van der Waals surface area contributed by atoms with Crippen molar-refractivity contribution in [2.75, 3.05) is 5.32 Å². The van der Waals surface area contributed by atoms with Crippen LogP contribution in [0.1, 0.15) is 36.9 Å². The van der Waals surface area contributed by atoms with Gasteiger partial charge in [0.2, 0.25) is 11.8 Å². The third kappa shape index (κ3) is 4.42. The van der Waals surface area contributed by atoms with E-state index >= 15 is 0 Å². The smallest absolute Gasteiger partial charge is 0.228 e. The number of carbonyl (C=O) groups excluding carboxylic acids is 2. The summed E-state index contributed by atoms with van der Waals surface area (Å²) < 4.78 is 0. The normalized spacial score (nSPS) is 11.9. The fraction of sp³-hybridized carbons (Fsp3) is 0.357. The van der Waals surface area contributed by atoms with Gasteiger partial charge in [-0.05, 0) is 17.9 Å². The van der Waals surface area contributed by atoms with Crippen molar-refractivity contribution in [3.63, 3.8) is 0 Å². The summed E-state index contributed by atoms with van der Waals surface area (Å²) in [6.45, 7) is 3.45. The molecule has 0 fully saturated rings. The number of hydrogen-bond donors (Lipinski definition) is 3. The summed E-state index contributed by atoms with van der Waals surface area (Å²) in [4.78, 5) is 24.3. The highest BCUT2D eigenvalue weighted by Gasteiger charge is 2.18. The lowest BCUT2D eigenvalue weighted by atomic mass is 10.1. The van der Waals surface area contributed by atoms with E-state index in [-0.39, 0.29) is 24.3 Å². The van der Waals surface area contributed by atoms with Crippen molar-refractivity contribution in [3.8, 4) is 0 Å². The summed E-state index contributed by atoms with van der Waals surface area (Å²) >= 11 is 1.51. The van der Waals surface area contributed by atoms with E-state index in [1.54, 1.807) is 6.07 Å². The summed E-state index contributed by atoms with van der Waals surface area (Å²) in [5, 5.41) is 14.3. The number of aryl methyl sites for hydroxylation is 1. The quantitative estimate of drug-likeness (QED) is 0.765. The van der Waals surface area contributed by atoms with Crippen molar-refractivity contribution in [1.82, 2.24) is 15.5 Å². The highest BCUT2D eigenvalue weighted by molar-refractivity contribution is 7.10. The van der Waals surface area contributed by atoms with E-state index in [0.29, 0.717) is 5.82 Å². The van der Waals surface area contributed by atoms with Crippen LogP contribution in [0.2, 0.25) is 0 Å². The summed E-state index contributed by atoms with van der Waals surface area (Å²) in [6.07, 6.45) is 1.00. The second-order valence-electron chi connectivity index (χ2n) is 4.65. The van der Waals surface area contributed by atoms with E-state index in [1.807, 2.05) is 24.4 Å². The lowest BCUT2D eigenvalue weighted by molar-refractivity contribution is -0.120. The Kier molecular flexibility index (Phi) is 5.10.